The summed E-state index contributed by atoms with van der Waals surface area (Å²) in [4.78, 5) is 22.0. The molecular formula is C13H23N5O2. The topological polar surface area (TPSA) is 93.4 Å². The third-order valence-electron chi connectivity index (χ3n) is 2.76. The van der Waals surface area contributed by atoms with E-state index in [2.05, 4.69) is 15.3 Å². The molecule has 0 atom stereocenters. The monoisotopic (exact) mass is 281 g/mol. The minimum atomic E-state index is 0.0264. The third kappa shape index (κ3) is 5.00. The van der Waals surface area contributed by atoms with Gasteiger partial charge < -0.3 is 20.7 Å². The predicted octanol–water partition coefficient (Wildman–Crippen LogP) is 0.876. The zero-order chi connectivity index (χ0) is 15.0. The first kappa shape index (κ1) is 16.2. The number of nitrogens with one attached hydrogen (secondary N) is 1. The van der Waals surface area contributed by atoms with Gasteiger partial charge in [0.05, 0.1) is 6.54 Å². The highest BCUT2D eigenvalue weighted by atomic mass is 16.5. The van der Waals surface area contributed by atoms with E-state index in [0.717, 1.165) is 0 Å². The number of likely N-dealkylation sites (N-methyl/N-ethyl adjacent to an activating group) is 1. The summed E-state index contributed by atoms with van der Waals surface area (Å²) in [5.74, 6) is 1.42. The van der Waals surface area contributed by atoms with Crippen molar-refractivity contribution in [1.82, 2.24) is 14.9 Å². The number of anilines is 2. The molecule has 1 aromatic rings. The number of nitrogen functional groups attached to an aromatic ring is 1. The highest BCUT2D eigenvalue weighted by Crippen LogP contribution is 2.09. The molecule has 112 valence electrons. The van der Waals surface area contributed by atoms with Gasteiger partial charge in [0.15, 0.2) is 5.82 Å². The van der Waals surface area contributed by atoms with Gasteiger partial charge in [0, 0.05) is 25.8 Å². The van der Waals surface area contributed by atoms with Gasteiger partial charge >= 0.3 is 0 Å². The molecule has 1 amide bonds. The van der Waals surface area contributed by atoms with Crippen molar-refractivity contribution >= 4 is 17.5 Å². The maximum Gasteiger partial charge on any atom is 0.241 e. The van der Waals surface area contributed by atoms with Crippen LogP contribution >= 0.6 is 0 Å². The molecule has 0 saturated heterocycles. The summed E-state index contributed by atoms with van der Waals surface area (Å²) in [6.07, 6.45) is 0. The summed E-state index contributed by atoms with van der Waals surface area (Å²) < 4.78 is 5.24. The Hall–Kier alpha value is -1.89. The predicted molar refractivity (Wildman–Crippen MR) is 78.2 cm³/mol. The van der Waals surface area contributed by atoms with Crippen LogP contribution in [0.25, 0.3) is 0 Å². The summed E-state index contributed by atoms with van der Waals surface area (Å²) in [6.45, 7) is 8.26. The van der Waals surface area contributed by atoms with Crippen LogP contribution in [0.2, 0.25) is 0 Å². The second kappa shape index (κ2) is 8.31. The Balaban J connectivity index is 2.63. The Bertz CT molecular complexity index is 435. The molecule has 1 heterocycles. The molecule has 0 spiro atoms. The molecule has 0 fully saturated rings. The Kier molecular flexibility index (Phi) is 6.72. The fourth-order valence-corrected chi connectivity index (χ4v) is 1.72. The molecule has 3 N–H and O–H groups in total. The second-order valence-electron chi connectivity index (χ2n) is 4.15. The molecule has 0 aromatic carbocycles. The molecule has 1 rings (SSSR count). The molecule has 0 aliphatic rings. The SMILES string of the molecule is CCOCc1nc(N)cc(NCC(=O)N(CC)CC)n1. The number of ether oxygens (including phenoxy) is 1. The smallest absolute Gasteiger partial charge is 0.241 e. The lowest BCUT2D eigenvalue weighted by atomic mass is 10.4. The van der Waals surface area contributed by atoms with E-state index >= 15 is 0 Å². The number of aromatic nitrogens is 2. The summed E-state index contributed by atoms with van der Waals surface area (Å²) in [5, 5.41) is 2.97. The van der Waals surface area contributed by atoms with Crippen LogP contribution < -0.4 is 11.1 Å². The van der Waals surface area contributed by atoms with Crippen molar-refractivity contribution < 1.29 is 9.53 Å². The third-order valence-corrected chi connectivity index (χ3v) is 2.76. The standard InChI is InChI=1S/C13H23N5O2/c1-4-18(5-2)13(19)8-15-11-7-10(14)16-12(17-11)9-20-6-3/h7H,4-6,8-9H2,1-3H3,(H3,14,15,16,17). The molecule has 1 aromatic heterocycles. The molecule has 20 heavy (non-hydrogen) atoms. The van der Waals surface area contributed by atoms with Crippen LogP contribution in [0.1, 0.15) is 26.6 Å². The van der Waals surface area contributed by atoms with Crippen LogP contribution in [0, 0.1) is 0 Å². The number of hydrogen-bond acceptors (Lipinski definition) is 6. The number of amides is 1. The van der Waals surface area contributed by atoms with Gasteiger partial charge in [-0.3, -0.25) is 4.79 Å². The Morgan fingerprint density at radius 3 is 2.65 bits per heavy atom. The van der Waals surface area contributed by atoms with E-state index in [9.17, 15) is 4.79 Å². The molecule has 7 heteroatoms. The number of nitrogens with two attached hydrogens (primary N) is 1. The van der Waals surface area contributed by atoms with Crippen molar-refractivity contribution in [1.29, 1.82) is 0 Å². The van der Waals surface area contributed by atoms with Crippen molar-refractivity contribution in [2.45, 2.75) is 27.4 Å². The Morgan fingerprint density at radius 2 is 2.05 bits per heavy atom. The number of hydrogen-bond donors (Lipinski definition) is 2. The molecule has 0 aliphatic carbocycles. The molecule has 0 bridgehead atoms. The van der Waals surface area contributed by atoms with Crippen LogP contribution in [0.15, 0.2) is 6.07 Å². The van der Waals surface area contributed by atoms with Crippen LogP contribution in [-0.4, -0.2) is 47.0 Å². The van der Waals surface area contributed by atoms with Crippen molar-refractivity contribution in [3.05, 3.63) is 11.9 Å². The minimum Gasteiger partial charge on any atom is -0.384 e. The average Bonchev–Trinajstić information content (AvgIpc) is 2.43. The largest absolute Gasteiger partial charge is 0.384 e. The van der Waals surface area contributed by atoms with Gasteiger partial charge in [0.25, 0.3) is 0 Å². The van der Waals surface area contributed by atoms with E-state index in [1.165, 1.54) is 0 Å². The highest BCUT2D eigenvalue weighted by Gasteiger charge is 2.10. The lowest BCUT2D eigenvalue weighted by Gasteiger charge is -2.19. The van der Waals surface area contributed by atoms with Gasteiger partial charge in [-0.05, 0) is 20.8 Å². The highest BCUT2D eigenvalue weighted by molar-refractivity contribution is 5.80. The van der Waals surface area contributed by atoms with Gasteiger partial charge in [-0.2, -0.15) is 0 Å². The number of rotatable bonds is 8. The normalized spacial score (nSPS) is 10.3. The van der Waals surface area contributed by atoms with Crippen LogP contribution in [0.3, 0.4) is 0 Å². The zero-order valence-electron chi connectivity index (χ0n) is 12.3. The molecule has 0 radical (unpaired) electrons. The first-order valence-corrected chi connectivity index (χ1v) is 6.83. The van der Waals surface area contributed by atoms with Crippen molar-refractivity contribution in [2.24, 2.45) is 0 Å². The summed E-state index contributed by atoms with van der Waals surface area (Å²) >= 11 is 0. The van der Waals surface area contributed by atoms with E-state index in [1.54, 1.807) is 11.0 Å². The maximum absolute atomic E-state index is 11.9. The maximum atomic E-state index is 11.9. The molecule has 0 aliphatic heterocycles. The Labute approximate surface area is 119 Å². The zero-order valence-corrected chi connectivity index (χ0v) is 12.3. The fourth-order valence-electron chi connectivity index (χ4n) is 1.72. The quantitative estimate of drug-likeness (QED) is 0.734. The van der Waals surface area contributed by atoms with E-state index < -0.39 is 0 Å². The molecule has 7 nitrogen and oxygen atoms in total. The number of carbonyl (C=O) groups excluding carboxylic acids is 1. The van der Waals surface area contributed by atoms with Gasteiger partial charge in [-0.1, -0.05) is 0 Å². The van der Waals surface area contributed by atoms with E-state index in [4.69, 9.17) is 10.5 Å². The first-order chi connectivity index (χ1) is 9.60. The first-order valence-electron chi connectivity index (χ1n) is 6.83. The van der Waals surface area contributed by atoms with Crippen molar-refractivity contribution in [2.75, 3.05) is 37.3 Å². The fraction of sp³-hybridized carbons (Fsp3) is 0.615. The van der Waals surface area contributed by atoms with E-state index in [-0.39, 0.29) is 12.5 Å². The lowest BCUT2D eigenvalue weighted by Crippen LogP contribution is -2.35. The lowest BCUT2D eigenvalue weighted by molar-refractivity contribution is -0.128. The van der Waals surface area contributed by atoms with E-state index in [1.807, 2.05) is 20.8 Å². The number of carbonyl (C=O) groups is 1. The average molecular weight is 281 g/mol. The van der Waals surface area contributed by atoms with Gasteiger partial charge in [0.1, 0.15) is 18.2 Å². The Morgan fingerprint density at radius 1 is 1.35 bits per heavy atom. The molecule has 0 unspecified atom stereocenters. The van der Waals surface area contributed by atoms with Gasteiger partial charge in [-0.25, -0.2) is 9.97 Å². The van der Waals surface area contributed by atoms with Crippen molar-refractivity contribution in [3.63, 3.8) is 0 Å². The minimum absolute atomic E-state index is 0.0264. The van der Waals surface area contributed by atoms with Crippen molar-refractivity contribution in [3.8, 4) is 0 Å². The summed E-state index contributed by atoms with van der Waals surface area (Å²) in [5.41, 5.74) is 5.71. The van der Waals surface area contributed by atoms with Gasteiger partial charge in [0.2, 0.25) is 5.91 Å². The van der Waals surface area contributed by atoms with Crippen LogP contribution in [-0.2, 0) is 16.1 Å². The van der Waals surface area contributed by atoms with E-state index in [0.29, 0.717) is 43.8 Å². The van der Waals surface area contributed by atoms with Crippen LogP contribution in [0.4, 0.5) is 11.6 Å². The molecular weight excluding hydrogens is 258 g/mol. The summed E-state index contributed by atoms with van der Waals surface area (Å²) in [7, 11) is 0. The van der Waals surface area contributed by atoms with Gasteiger partial charge in [-0.15, -0.1) is 0 Å². The second-order valence-corrected chi connectivity index (χ2v) is 4.15. The molecule has 0 saturated carbocycles. The number of nitrogens with zero attached hydrogens (tertiary/aromatic N) is 3. The summed E-state index contributed by atoms with van der Waals surface area (Å²) in [6, 6.07) is 1.60. The van der Waals surface area contributed by atoms with Crippen LogP contribution in [0.5, 0.6) is 0 Å².